The summed E-state index contributed by atoms with van der Waals surface area (Å²) in [6, 6.07) is 4.47. The molecule has 1 aliphatic rings. The van der Waals surface area contributed by atoms with Gasteiger partial charge in [0.05, 0.1) is 11.8 Å². The number of para-hydroxylation sites is 1. The predicted octanol–water partition coefficient (Wildman–Crippen LogP) is 2.63. The summed E-state index contributed by atoms with van der Waals surface area (Å²) in [6.45, 7) is 1.20. The van der Waals surface area contributed by atoms with E-state index in [2.05, 4.69) is 4.98 Å². The molecule has 2 heterocycles. The Bertz CT molecular complexity index is 805. The number of carbonyl (C=O) groups excluding carboxylic acids is 1. The molecular weight excluding hydrogens is 305 g/mol. The molecule has 0 amide bonds. The van der Waals surface area contributed by atoms with E-state index in [0.29, 0.717) is 0 Å². The molecule has 1 unspecified atom stereocenters. The molecule has 1 aliphatic heterocycles. The van der Waals surface area contributed by atoms with Crippen molar-refractivity contribution >= 4 is 11.8 Å². The van der Waals surface area contributed by atoms with E-state index in [1.165, 1.54) is 25.3 Å². The quantitative estimate of drug-likeness (QED) is 0.876. The molecule has 0 bridgehead atoms. The molecule has 6 nitrogen and oxygen atoms in total. The van der Waals surface area contributed by atoms with Crippen molar-refractivity contribution in [2.24, 2.45) is 0 Å². The first kappa shape index (κ1) is 15.0. The number of fused-ring (bicyclic) bond motifs is 1. The first-order valence-electron chi connectivity index (χ1n) is 6.79. The zero-order valence-electron chi connectivity index (χ0n) is 12.1. The van der Waals surface area contributed by atoms with Crippen LogP contribution in [0, 0.1) is 5.82 Å². The Morgan fingerprint density at radius 2 is 2.13 bits per heavy atom. The monoisotopic (exact) mass is 317 g/mol. The number of carboxylic acid groups (broad SMARTS) is 1. The number of rotatable bonds is 3. The van der Waals surface area contributed by atoms with Gasteiger partial charge < -0.3 is 14.6 Å². The normalized spacial score (nSPS) is 16.0. The number of pyridine rings is 1. The van der Waals surface area contributed by atoms with E-state index in [1.807, 2.05) is 0 Å². The molecule has 2 aromatic rings. The molecule has 1 N–H and O–H groups in total. The second-order valence-corrected chi connectivity index (χ2v) is 5.00. The number of nitrogens with zero attached hydrogens (tertiary/aromatic N) is 1. The molecule has 0 saturated carbocycles. The Hall–Kier alpha value is -2.96. The van der Waals surface area contributed by atoms with E-state index in [1.54, 1.807) is 6.07 Å². The van der Waals surface area contributed by atoms with Crippen molar-refractivity contribution in [1.29, 1.82) is 0 Å². The number of carbonyl (C=O) groups is 2. The highest BCUT2D eigenvalue weighted by Crippen LogP contribution is 2.39. The van der Waals surface area contributed by atoms with Gasteiger partial charge in [0.15, 0.2) is 29.2 Å². The number of aromatic nitrogens is 1. The van der Waals surface area contributed by atoms with Gasteiger partial charge in [0.2, 0.25) is 0 Å². The largest absolute Gasteiger partial charge is 0.485 e. The fourth-order valence-electron chi connectivity index (χ4n) is 2.49. The first-order valence-corrected chi connectivity index (χ1v) is 6.79. The second kappa shape index (κ2) is 5.68. The standard InChI is InChI=1S/C16H12FNO5/c1-8(19)14-10(5-18-6-11(14)17)13-7-22-15-9(16(20)21)3-2-4-12(15)23-13/h2-6,13H,7H2,1H3,(H,20,21). The Balaban J connectivity index is 2.01. The lowest BCUT2D eigenvalue weighted by Crippen LogP contribution is -2.25. The first-order chi connectivity index (χ1) is 11.0. The van der Waals surface area contributed by atoms with Crippen LogP contribution in [0.25, 0.3) is 0 Å². The fourth-order valence-corrected chi connectivity index (χ4v) is 2.49. The number of Topliss-reactive ketones (excluding diaryl/α,β-unsaturated/α-hetero) is 1. The van der Waals surface area contributed by atoms with Crippen molar-refractivity contribution in [3.8, 4) is 11.5 Å². The van der Waals surface area contributed by atoms with E-state index in [0.717, 1.165) is 6.20 Å². The van der Waals surface area contributed by atoms with Crippen LogP contribution in [0.1, 0.15) is 39.3 Å². The van der Waals surface area contributed by atoms with E-state index >= 15 is 0 Å². The highest BCUT2D eigenvalue weighted by molar-refractivity contribution is 5.96. The number of carboxylic acids is 1. The molecule has 1 aromatic heterocycles. The van der Waals surface area contributed by atoms with Crippen molar-refractivity contribution in [3.63, 3.8) is 0 Å². The minimum atomic E-state index is -1.14. The van der Waals surface area contributed by atoms with E-state index < -0.39 is 23.7 Å². The summed E-state index contributed by atoms with van der Waals surface area (Å²) in [4.78, 5) is 26.6. The molecule has 23 heavy (non-hydrogen) atoms. The zero-order chi connectivity index (χ0) is 16.6. The van der Waals surface area contributed by atoms with Gasteiger partial charge in [-0.1, -0.05) is 6.07 Å². The molecule has 7 heteroatoms. The zero-order valence-corrected chi connectivity index (χ0v) is 12.1. The van der Waals surface area contributed by atoms with Gasteiger partial charge in [0.1, 0.15) is 12.2 Å². The lowest BCUT2D eigenvalue weighted by Gasteiger charge is -2.28. The van der Waals surface area contributed by atoms with Crippen LogP contribution >= 0.6 is 0 Å². The smallest absolute Gasteiger partial charge is 0.339 e. The summed E-state index contributed by atoms with van der Waals surface area (Å²) < 4.78 is 25.1. The van der Waals surface area contributed by atoms with E-state index in [-0.39, 0.29) is 34.8 Å². The summed E-state index contributed by atoms with van der Waals surface area (Å²) in [5.41, 5.74) is 0.139. The van der Waals surface area contributed by atoms with Gasteiger partial charge in [-0.3, -0.25) is 9.78 Å². The molecule has 118 valence electrons. The lowest BCUT2D eigenvalue weighted by atomic mass is 10.0. The molecule has 1 aromatic carbocycles. The molecule has 0 radical (unpaired) electrons. The summed E-state index contributed by atoms with van der Waals surface area (Å²) in [7, 11) is 0. The topological polar surface area (TPSA) is 85.7 Å². The Kier molecular flexibility index (Phi) is 3.69. The third-order valence-corrected chi connectivity index (χ3v) is 3.49. The summed E-state index contributed by atoms with van der Waals surface area (Å²) in [5, 5.41) is 9.14. The van der Waals surface area contributed by atoms with Crippen molar-refractivity contribution in [1.82, 2.24) is 4.98 Å². The Morgan fingerprint density at radius 3 is 2.83 bits per heavy atom. The van der Waals surface area contributed by atoms with Gasteiger partial charge in [-0.15, -0.1) is 0 Å². The molecule has 1 atom stereocenters. The van der Waals surface area contributed by atoms with Gasteiger partial charge in [0.25, 0.3) is 0 Å². The van der Waals surface area contributed by atoms with Gasteiger partial charge in [-0.25, -0.2) is 9.18 Å². The minimum Gasteiger partial charge on any atom is -0.485 e. The number of hydrogen-bond acceptors (Lipinski definition) is 5. The molecule has 0 fully saturated rings. The summed E-state index contributed by atoms with van der Waals surface area (Å²) in [6.07, 6.45) is 1.55. The number of hydrogen-bond donors (Lipinski definition) is 1. The van der Waals surface area contributed by atoms with Crippen LogP contribution in [-0.4, -0.2) is 28.4 Å². The van der Waals surface area contributed by atoms with E-state index in [4.69, 9.17) is 14.6 Å². The maximum absolute atomic E-state index is 13.9. The van der Waals surface area contributed by atoms with Crippen LogP contribution < -0.4 is 9.47 Å². The van der Waals surface area contributed by atoms with Crippen LogP contribution in [-0.2, 0) is 0 Å². The Labute approximate surface area is 130 Å². The van der Waals surface area contributed by atoms with Gasteiger partial charge in [-0.2, -0.15) is 0 Å². The SMILES string of the molecule is CC(=O)c1c(F)cncc1C1COc2c(cccc2C(=O)O)O1. The van der Waals surface area contributed by atoms with Crippen LogP contribution in [0.15, 0.2) is 30.6 Å². The third-order valence-electron chi connectivity index (χ3n) is 3.49. The van der Waals surface area contributed by atoms with Crippen LogP contribution in [0.3, 0.4) is 0 Å². The minimum absolute atomic E-state index is 0.0230. The molecule has 0 spiro atoms. The number of halogens is 1. The summed E-state index contributed by atoms with van der Waals surface area (Å²) in [5.74, 6) is -1.98. The van der Waals surface area contributed by atoms with Crippen molar-refractivity contribution in [3.05, 3.63) is 53.1 Å². The maximum Gasteiger partial charge on any atom is 0.339 e. The lowest BCUT2D eigenvalue weighted by molar-refractivity contribution is 0.0659. The Morgan fingerprint density at radius 1 is 1.35 bits per heavy atom. The van der Waals surface area contributed by atoms with Crippen molar-refractivity contribution < 1.29 is 28.6 Å². The number of benzene rings is 1. The second-order valence-electron chi connectivity index (χ2n) is 5.00. The third kappa shape index (κ3) is 2.61. The van der Waals surface area contributed by atoms with E-state index in [9.17, 15) is 14.0 Å². The van der Waals surface area contributed by atoms with Gasteiger partial charge in [-0.05, 0) is 19.1 Å². The van der Waals surface area contributed by atoms with Gasteiger partial charge in [0, 0.05) is 11.8 Å². The average molecular weight is 317 g/mol. The fraction of sp³-hybridized carbons (Fsp3) is 0.188. The molecule has 0 saturated heterocycles. The molecule has 3 rings (SSSR count). The highest BCUT2D eigenvalue weighted by atomic mass is 19.1. The van der Waals surface area contributed by atoms with Crippen LogP contribution in [0.2, 0.25) is 0 Å². The summed E-state index contributed by atoms with van der Waals surface area (Å²) >= 11 is 0. The molecular formula is C16H12FNO5. The van der Waals surface area contributed by atoms with Crippen molar-refractivity contribution in [2.45, 2.75) is 13.0 Å². The number of ether oxygens (including phenoxy) is 2. The van der Waals surface area contributed by atoms with Crippen molar-refractivity contribution in [2.75, 3.05) is 6.61 Å². The average Bonchev–Trinajstić information content (AvgIpc) is 2.53. The highest BCUT2D eigenvalue weighted by Gasteiger charge is 2.30. The van der Waals surface area contributed by atoms with Crippen LogP contribution in [0.4, 0.5) is 4.39 Å². The number of ketones is 1. The molecule has 0 aliphatic carbocycles. The van der Waals surface area contributed by atoms with Gasteiger partial charge >= 0.3 is 5.97 Å². The number of aromatic carboxylic acids is 1. The predicted molar refractivity (Wildman–Crippen MR) is 76.5 cm³/mol. The maximum atomic E-state index is 13.9. The van der Waals surface area contributed by atoms with Crippen LogP contribution in [0.5, 0.6) is 11.5 Å².